The number of carbonyl (C=O) groups is 1. The molecular formula is C13H19FN4O. The van der Waals surface area contributed by atoms with E-state index in [1.807, 2.05) is 6.92 Å². The van der Waals surface area contributed by atoms with Gasteiger partial charge in [-0.05, 0) is 37.1 Å². The Kier molecular flexibility index (Phi) is 5.29. The van der Waals surface area contributed by atoms with E-state index in [-0.39, 0.29) is 11.8 Å². The van der Waals surface area contributed by atoms with Gasteiger partial charge in [0.15, 0.2) is 5.96 Å². The fraction of sp³-hybridized carbons (Fsp3) is 0.385. The lowest BCUT2D eigenvalue weighted by Crippen LogP contribution is -2.33. The number of nitrogens with two attached hydrogens (primary N) is 2. The van der Waals surface area contributed by atoms with Gasteiger partial charge in [-0.2, -0.15) is 4.99 Å². The van der Waals surface area contributed by atoms with Gasteiger partial charge in [-0.1, -0.05) is 13.3 Å². The molecule has 0 aliphatic heterocycles. The van der Waals surface area contributed by atoms with Crippen molar-refractivity contribution >= 4 is 17.7 Å². The predicted molar refractivity (Wildman–Crippen MR) is 74.6 cm³/mol. The topological polar surface area (TPSA) is 84.7 Å². The monoisotopic (exact) mass is 266 g/mol. The number of carbonyl (C=O) groups excluding carboxylic acids is 1. The molecule has 0 radical (unpaired) electrons. The molecule has 0 heterocycles. The molecule has 6 heteroatoms. The van der Waals surface area contributed by atoms with E-state index in [9.17, 15) is 9.18 Å². The van der Waals surface area contributed by atoms with Gasteiger partial charge in [0.25, 0.3) is 0 Å². The number of aryl methyl sites for hydroxylation is 1. The van der Waals surface area contributed by atoms with Crippen LogP contribution in [0.5, 0.6) is 0 Å². The minimum absolute atomic E-state index is 0.289. The molecule has 0 aliphatic rings. The summed E-state index contributed by atoms with van der Waals surface area (Å²) in [7, 11) is 0. The number of amides is 2. The molecule has 104 valence electrons. The third-order valence-corrected chi connectivity index (χ3v) is 2.62. The maximum Gasteiger partial charge on any atom is 0.351 e. The van der Waals surface area contributed by atoms with Crippen molar-refractivity contribution in [1.82, 2.24) is 0 Å². The van der Waals surface area contributed by atoms with Gasteiger partial charge in [-0.25, -0.2) is 9.18 Å². The summed E-state index contributed by atoms with van der Waals surface area (Å²) in [6.07, 6.45) is 1.53. The quantitative estimate of drug-likeness (QED) is 0.645. The van der Waals surface area contributed by atoms with Crippen LogP contribution in [0, 0.1) is 5.82 Å². The van der Waals surface area contributed by atoms with Crippen molar-refractivity contribution in [2.45, 2.75) is 26.7 Å². The van der Waals surface area contributed by atoms with Gasteiger partial charge < -0.3 is 11.5 Å². The SMILES string of the molecule is CCCc1cc(F)ccc1N(CC)C(=O)N=C(N)N. The second kappa shape index (κ2) is 6.72. The summed E-state index contributed by atoms with van der Waals surface area (Å²) in [5.41, 5.74) is 11.8. The molecule has 4 N–H and O–H groups in total. The minimum atomic E-state index is -0.550. The number of urea groups is 1. The first-order chi connectivity index (χ1) is 8.99. The van der Waals surface area contributed by atoms with Gasteiger partial charge in [0, 0.05) is 12.2 Å². The number of rotatable bonds is 4. The fourth-order valence-electron chi connectivity index (χ4n) is 1.87. The largest absolute Gasteiger partial charge is 0.370 e. The van der Waals surface area contributed by atoms with Crippen molar-refractivity contribution in [3.63, 3.8) is 0 Å². The Morgan fingerprint density at radius 1 is 1.37 bits per heavy atom. The van der Waals surface area contributed by atoms with Crippen LogP contribution in [0.15, 0.2) is 23.2 Å². The van der Waals surface area contributed by atoms with Gasteiger partial charge in [0.05, 0.1) is 0 Å². The molecule has 0 saturated carbocycles. The van der Waals surface area contributed by atoms with Gasteiger partial charge in [-0.15, -0.1) is 0 Å². The van der Waals surface area contributed by atoms with E-state index < -0.39 is 6.03 Å². The third kappa shape index (κ3) is 3.94. The standard InChI is InChI=1S/C13H19FN4O/c1-3-5-9-8-10(14)6-7-11(9)18(4-2)13(19)17-12(15)16/h6-8H,3-5H2,1-2H3,(H4,15,16,17,19). The summed E-state index contributed by atoms with van der Waals surface area (Å²) in [4.78, 5) is 16.8. The lowest BCUT2D eigenvalue weighted by molar-refractivity contribution is 0.254. The van der Waals surface area contributed by atoms with Gasteiger partial charge in [-0.3, -0.25) is 4.90 Å². The van der Waals surface area contributed by atoms with E-state index in [0.29, 0.717) is 18.7 Å². The Labute approximate surface area is 112 Å². The summed E-state index contributed by atoms with van der Waals surface area (Å²) in [6.45, 7) is 4.19. The molecule has 1 rings (SSSR count). The second-order valence-electron chi connectivity index (χ2n) is 4.09. The number of hydrogen-bond donors (Lipinski definition) is 2. The highest BCUT2D eigenvalue weighted by Gasteiger charge is 2.17. The van der Waals surface area contributed by atoms with E-state index in [0.717, 1.165) is 12.0 Å². The Morgan fingerprint density at radius 3 is 2.58 bits per heavy atom. The molecule has 0 spiro atoms. The first-order valence-corrected chi connectivity index (χ1v) is 6.19. The average Bonchev–Trinajstić information content (AvgIpc) is 2.32. The summed E-state index contributed by atoms with van der Waals surface area (Å²) < 4.78 is 13.3. The third-order valence-electron chi connectivity index (χ3n) is 2.62. The molecule has 2 amide bonds. The van der Waals surface area contributed by atoms with E-state index in [1.54, 1.807) is 13.0 Å². The van der Waals surface area contributed by atoms with Crippen LogP contribution in [-0.2, 0) is 6.42 Å². The predicted octanol–water partition coefficient (Wildman–Crippen LogP) is 2.00. The Hall–Kier alpha value is -2.11. The van der Waals surface area contributed by atoms with Crippen LogP contribution in [0.25, 0.3) is 0 Å². The average molecular weight is 266 g/mol. The lowest BCUT2D eigenvalue weighted by atomic mass is 10.1. The van der Waals surface area contributed by atoms with Crippen molar-refractivity contribution in [2.24, 2.45) is 16.5 Å². The van der Waals surface area contributed by atoms with E-state index >= 15 is 0 Å². The molecule has 0 atom stereocenters. The molecule has 1 aromatic rings. The first-order valence-electron chi connectivity index (χ1n) is 6.19. The van der Waals surface area contributed by atoms with Crippen LogP contribution < -0.4 is 16.4 Å². The number of anilines is 1. The maximum atomic E-state index is 13.3. The number of benzene rings is 1. The number of aliphatic imine (C=N–C) groups is 1. The van der Waals surface area contributed by atoms with Crippen molar-refractivity contribution in [2.75, 3.05) is 11.4 Å². The van der Waals surface area contributed by atoms with E-state index in [1.165, 1.54) is 17.0 Å². The first kappa shape index (κ1) is 14.9. The number of nitrogens with zero attached hydrogens (tertiary/aromatic N) is 2. The molecule has 0 saturated heterocycles. The molecule has 1 aromatic carbocycles. The molecule has 0 bridgehead atoms. The molecule has 0 unspecified atom stereocenters. The highest BCUT2D eigenvalue weighted by molar-refractivity contribution is 6.00. The Bertz CT molecular complexity index is 484. The van der Waals surface area contributed by atoms with Crippen LogP contribution in [0.4, 0.5) is 14.9 Å². The van der Waals surface area contributed by atoms with E-state index in [2.05, 4.69) is 4.99 Å². The van der Waals surface area contributed by atoms with Crippen LogP contribution >= 0.6 is 0 Å². The number of hydrogen-bond acceptors (Lipinski definition) is 1. The molecule has 0 aliphatic carbocycles. The summed E-state index contributed by atoms with van der Waals surface area (Å²) in [5, 5.41) is 0. The smallest absolute Gasteiger partial charge is 0.351 e. The highest BCUT2D eigenvalue weighted by atomic mass is 19.1. The van der Waals surface area contributed by atoms with E-state index in [4.69, 9.17) is 11.5 Å². The van der Waals surface area contributed by atoms with Gasteiger partial charge in [0.2, 0.25) is 0 Å². The zero-order chi connectivity index (χ0) is 14.4. The summed E-state index contributed by atoms with van der Waals surface area (Å²) in [6, 6.07) is 3.78. The Morgan fingerprint density at radius 2 is 2.05 bits per heavy atom. The van der Waals surface area contributed by atoms with Gasteiger partial charge in [0.1, 0.15) is 5.82 Å². The van der Waals surface area contributed by atoms with Crippen molar-refractivity contribution in [1.29, 1.82) is 0 Å². The molecule has 5 nitrogen and oxygen atoms in total. The number of halogens is 1. The normalized spacial score (nSPS) is 10.1. The van der Waals surface area contributed by atoms with Gasteiger partial charge >= 0.3 is 6.03 Å². The zero-order valence-electron chi connectivity index (χ0n) is 11.2. The minimum Gasteiger partial charge on any atom is -0.370 e. The summed E-state index contributed by atoms with van der Waals surface area (Å²) in [5.74, 6) is -0.611. The highest BCUT2D eigenvalue weighted by Crippen LogP contribution is 2.23. The summed E-state index contributed by atoms with van der Waals surface area (Å²) >= 11 is 0. The van der Waals surface area contributed by atoms with Crippen molar-refractivity contribution in [3.8, 4) is 0 Å². The van der Waals surface area contributed by atoms with Crippen molar-refractivity contribution < 1.29 is 9.18 Å². The molecular weight excluding hydrogens is 247 g/mol. The molecule has 19 heavy (non-hydrogen) atoms. The zero-order valence-corrected chi connectivity index (χ0v) is 11.2. The maximum absolute atomic E-state index is 13.3. The lowest BCUT2D eigenvalue weighted by Gasteiger charge is -2.21. The van der Waals surface area contributed by atoms with Crippen LogP contribution in [0.1, 0.15) is 25.8 Å². The molecule has 0 fully saturated rings. The Balaban J connectivity index is 3.17. The molecule has 0 aromatic heterocycles. The fourth-order valence-corrected chi connectivity index (χ4v) is 1.87. The van der Waals surface area contributed by atoms with Crippen molar-refractivity contribution in [3.05, 3.63) is 29.6 Å². The second-order valence-corrected chi connectivity index (χ2v) is 4.09. The van der Waals surface area contributed by atoms with Crippen LogP contribution in [-0.4, -0.2) is 18.5 Å². The van der Waals surface area contributed by atoms with Crippen LogP contribution in [0.2, 0.25) is 0 Å². The van der Waals surface area contributed by atoms with Crippen LogP contribution in [0.3, 0.4) is 0 Å². The number of guanidine groups is 1.